The van der Waals surface area contributed by atoms with Crippen LogP contribution in [0.15, 0.2) is 60.0 Å². The Morgan fingerprint density at radius 2 is 1.76 bits per heavy atom. The number of amides is 2. The summed E-state index contributed by atoms with van der Waals surface area (Å²) in [6.07, 6.45) is -0.129. The van der Waals surface area contributed by atoms with Crippen LogP contribution in [0.1, 0.15) is 31.9 Å². The number of likely N-dealkylation sites (tertiary alicyclic amines) is 1. The van der Waals surface area contributed by atoms with Crippen molar-refractivity contribution in [2.24, 2.45) is 17.8 Å². The molecule has 2 atom stereocenters. The molecule has 42 heavy (non-hydrogen) atoms. The average Bonchev–Trinajstić information content (AvgIpc) is 3.32. The molecule has 0 N–H and O–H groups in total. The summed E-state index contributed by atoms with van der Waals surface area (Å²) in [5.41, 5.74) is 3.34. The van der Waals surface area contributed by atoms with Crippen molar-refractivity contribution in [3.8, 4) is 5.06 Å². The van der Waals surface area contributed by atoms with E-state index >= 15 is 4.39 Å². The van der Waals surface area contributed by atoms with Gasteiger partial charge in [-0.05, 0) is 70.0 Å². The van der Waals surface area contributed by atoms with Gasteiger partial charge in [-0.2, -0.15) is 0 Å². The summed E-state index contributed by atoms with van der Waals surface area (Å²) in [6, 6.07) is 16.9. The third-order valence-electron chi connectivity index (χ3n) is 8.79. The number of carbonyl (C=O) groups excluding carboxylic acids is 2. The van der Waals surface area contributed by atoms with Crippen molar-refractivity contribution >= 4 is 34.7 Å². The van der Waals surface area contributed by atoms with E-state index in [0.717, 1.165) is 5.56 Å². The minimum absolute atomic E-state index is 0.0778. The Labute approximate surface area is 250 Å². The molecule has 1 aromatic heterocycles. The largest absolute Gasteiger partial charge is 0.420 e. The molecule has 0 radical (unpaired) electrons. The number of benzene rings is 2. The van der Waals surface area contributed by atoms with E-state index in [-0.39, 0.29) is 23.1 Å². The number of thiophene rings is 1. The van der Waals surface area contributed by atoms with Gasteiger partial charge in [0.05, 0.1) is 31.0 Å². The number of piperidine rings is 1. The Hall–Kier alpha value is -3.43. The van der Waals surface area contributed by atoms with Crippen LogP contribution in [0.3, 0.4) is 0 Å². The van der Waals surface area contributed by atoms with Gasteiger partial charge in [-0.25, -0.2) is 9.18 Å². The molecule has 9 heteroatoms. The maximum atomic E-state index is 15.3. The SMILES string of the molecule is CC(C)(C)c1ccc(CC(=O)N2CC3C(C2)C3CN(C(=O)Oc2cccs2)c2ccc(N3CCOCC3)c(F)c2)cc1. The smallest absolute Gasteiger partial charge is 0.399 e. The van der Waals surface area contributed by atoms with Gasteiger partial charge >= 0.3 is 6.09 Å². The van der Waals surface area contributed by atoms with Crippen LogP contribution in [0.4, 0.5) is 20.6 Å². The number of morpholine rings is 1. The minimum Gasteiger partial charge on any atom is -0.399 e. The second kappa shape index (κ2) is 11.7. The monoisotopic (exact) mass is 591 g/mol. The Morgan fingerprint density at radius 1 is 1.05 bits per heavy atom. The Kier molecular flexibility index (Phi) is 7.98. The number of ether oxygens (including phenoxy) is 2. The summed E-state index contributed by atoms with van der Waals surface area (Å²) in [6.45, 7) is 10.7. The highest BCUT2D eigenvalue weighted by atomic mass is 32.1. The molecule has 3 aliphatic rings. The number of carbonyl (C=O) groups is 2. The van der Waals surface area contributed by atoms with Crippen LogP contribution in [0.25, 0.3) is 0 Å². The molecule has 1 aliphatic carbocycles. The molecule has 2 unspecified atom stereocenters. The zero-order valence-corrected chi connectivity index (χ0v) is 25.2. The standard InChI is InChI=1S/C33H38FN3O4S/c1-33(2,3)23-8-6-22(7-9-23)17-30(38)36-19-25-26(20-36)27(25)21-37(32(39)41-31-5-4-16-42-31)24-10-11-29(28(34)18-24)35-12-14-40-15-13-35/h4-11,16,18,25-27H,12-15,17,19-21H2,1-3H3. The van der Waals surface area contributed by atoms with Crippen molar-refractivity contribution in [2.45, 2.75) is 32.6 Å². The summed E-state index contributed by atoms with van der Waals surface area (Å²) >= 11 is 1.34. The normalized spacial score (nSPS) is 21.7. The molecule has 2 aliphatic heterocycles. The summed E-state index contributed by atoms with van der Waals surface area (Å²) in [4.78, 5) is 31.9. The first-order valence-corrected chi connectivity index (χ1v) is 15.6. The van der Waals surface area contributed by atoms with E-state index in [1.165, 1.54) is 23.0 Å². The van der Waals surface area contributed by atoms with Crippen LogP contribution in [-0.4, -0.2) is 62.8 Å². The number of fused-ring (bicyclic) bond motifs is 1. The lowest BCUT2D eigenvalue weighted by atomic mass is 9.86. The molecule has 0 spiro atoms. The van der Waals surface area contributed by atoms with Crippen molar-refractivity contribution in [3.63, 3.8) is 0 Å². The van der Waals surface area contributed by atoms with Gasteiger partial charge in [0, 0.05) is 32.7 Å². The first kappa shape index (κ1) is 28.7. The highest BCUT2D eigenvalue weighted by Crippen LogP contribution is 2.52. The van der Waals surface area contributed by atoms with E-state index in [0.29, 0.717) is 80.6 Å². The zero-order chi connectivity index (χ0) is 29.4. The van der Waals surface area contributed by atoms with Crippen LogP contribution >= 0.6 is 11.3 Å². The topological polar surface area (TPSA) is 62.3 Å². The van der Waals surface area contributed by atoms with Gasteiger partial charge in [-0.15, -0.1) is 11.3 Å². The number of halogens is 1. The second-order valence-electron chi connectivity index (χ2n) is 12.6. The molecular formula is C33H38FN3O4S. The fourth-order valence-corrected chi connectivity index (χ4v) is 6.78. The van der Waals surface area contributed by atoms with Crippen molar-refractivity contribution in [1.29, 1.82) is 0 Å². The van der Waals surface area contributed by atoms with E-state index in [1.54, 1.807) is 23.1 Å². The third kappa shape index (κ3) is 6.17. The van der Waals surface area contributed by atoms with E-state index in [1.807, 2.05) is 21.2 Å². The van der Waals surface area contributed by atoms with Gasteiger partial charge in [0.25, 0.3) is 0 Å². The van der Waals surface area contributed by atoms with Crippen LogP contribution in [0.2, 0.25) is 0 Å². The average molecular weight is 592 g/mol. The number of nitrogens with zero attached hydrogens (tertiary/aromatic N) is 3. The first-order valence-electron chi connectivity index (χ1n) is 14.7. The molecule has 222 valence electrons. The predicted octanol–water partition coefficient (Wildman–Crippen LogP) is 5.97. The van der Waals surface area contributed by atoms with Crippen molar-refractivity contribution in [1.82, 2.24) is 4.90 Å². The van der Waals surface area contributed by atoms with E-state index in [9.17, 15) is 9.59 Å². The maximum absolute atomic E-state index is 15.3. The first-order chi connectivity index (χ1) is 20.2. The maximum Gasteiger partial charge on any atom is 0.420 e. The molecule has 3 fully saturated rings. The Balaban J connectivity index is 1.10. The van der Waals surface area contributed by atoms with E-state index < -0.39 is 6.09 Å². The minimum atomic E-state index is -0.521. The predicted molar refractivity (Wildman–Crippen MR) is 163 cm³/mol. The van der Waals surface area contributed by atoms with Gasteiger partial charge in [-0.1, -0.05) is 45.0 Å². The molecule has 3 heterocycles. The Bertz CT molecular complexity index is 1400. The van der Waals surface area contributed by atoms with Crippen LogP contribution < -0.4 is 14.5 Å². The van der Waals surface area contributed by atoms with Gasteiger partial charge < -0.3 is 19.3 Å². The molecule has 1 saturated carbocycles. The van der Waals surface area contributed by atoms with Crippen LogP contribution in [0, 0.1) is 23.6 Å². The fourth-order valence-electron chi connectivity index (χ4n) is 6.22. The summed E-state index contributed by atoms with van der Waals surface area (Å²) in [7, 11) is 0. The number of anilines is 2. The molecule has 6 rings (SSSR count). The van der Waals surface area contributed by atoms with E-state index in [2.05, 4.69) is 45.0 Å². The number of hydrogen-bond acceptors (Lipinski definition) is 6. The summed E-state index contributed by atoms with van der Waals surface area (Å²) in [5, 5.41) is 2.35. The van der Waals surface area contributed by atoms with Crippen molar-refractivity contribution in [2.75, 3.05) is 55.7 Å². The molecule has 7 nitrogen and oxygen atoms in total. The fraction of sp³-hybridized carbons (Fsp3) is 0.455. The van der Waals surface area contributed by atoms with Gasteiger partial charge in [0.1, 0.15) is 5.82 Å². The van der Waals surface area contributed by atoms with E-state index in [4.69, 9.17) is 9.47 Å². The number of hydrogen-bond donors (Lipinski definition) is 0. The highest BCUT2D eigenvalue weighted by Gasteiger charge is 2.57. The Morgan fingerprint density at radius 3 is 2.38 bits per heavy atom. The molecule has 2 amide bonds. The molecular weight excluding hydrogens is 553 g/mol. The third-order valence-corrected chi connectivity index (χ3v) is 9.54. The molecule has 2 saturated heterocycles. The quantitative estimate of drug-likeness (QED) is 0.339. The molecule has 0 bridgehead atoms. The number of rotatable bonds is 7. The van der Waals surface area contributed by atoms with Gasteiger partial charge in [0.2, 0.25) is 5.91 Å². The van der Waals surface area contributed by atoms with Gasteiger partial charge in [0.15, 0.2) is 5.06 Å². The highest BCUT2D eigenvalue weighted by molar-refractivity contribution is 7.11. The molecule has 3 aromatic rings. The summed E-state index contributed by atoms with van der Waals surface area (Å²) < 4.78 is 26.4. The van der Waals surface area contributed by atoms with Crippen molar-refractivity contribution in [3.05, 3.63) is 76.9 Å². The van der Waals surface area contributed by atoms with Crippen LogP contribution in [0.5, 0.6) is 5.06 Å². The molecule has 2 aromatic carbocycles. The zero-order valence-electron chi connectivity index (χ0n) is 24.4. The summed E-state index contributed by atoms with van der Waals surface area (Å²) in [5.74, 6) is 0.655. The van der Waals surface area contributed by atoms with Gasteiger partial charge in [-0.3, -0.25) is 9.69 Å². The second-order valence-corrected chi connectivity index (χ2v) is 13.5. The lowest BCUT2D eigenvalue weighted by molar-refractivity contribution is -0.130. The lowest BCUT2D eigenvalue weighted by Crippen LogP contribution is -2.39. The van der Waals surface area contributed by atoms with Crippen molar-refractivity contribution < 1.29 is 23.5 Å². The van der Waals surface area contributed by atoms with Crippen LogP contribution in [-0.2, 0) is 21.4 Å². The lowest BCUT2D eigenvalue weighted by Gasteiger charge is -2.30.